The Morgan fingerprint density at radius 1 is 1.07 bits per heavy atom. The molecule has 1 aliphatic rings. The van der Waals surface area contributed by atoms with Crippen LogP contribution in [0.5, 0.6) is 0 Å². The summed E-state index contributed by atoms with van der Waals surface area (Å²) in [7, 11) is 0. The summed E-state index contributed by atoms with van der Waals surface area (Å²) >= 11 is 0. The van der Waals surface area contributed by atoms with Crippen molar-refractivity contribution >= 4 is 0 Å². The second-order valence-electron chi connectivity index (χ2n) is 6.02. The van der Waals surface area contributed by atoms with E-state index in [4.69, 9.17) is 0 Å². The first-order chi connectivity index (χ1) is 7.15. The molecule has 0 aromatic rings. The van der Waals surface area contributed by atoms with Gasteiger partial charge in [0.1, 0.15) is 0 Å². The molecule has 1 fully saturated rings. The molecule has 1 rings (SSSR count). The fourth-order valence-corrected chi connectivity index (χ4v) is 3.41. The van der Waals surface area contributed by atoms with Gasteiger partial charge in [0.15, 0.2) is 0 Å². The zero-order chi connectivity index (χ0) is 11.3. The minimum absolute atomic E-state index is 0.957. The third-order valence-corrected chi connectivity index (χ3v) is 4.56. The standard InChI is InChI=1S/C15H30/c1-5-7-13(3)15-9-6-8-12(2)10-11-14(15)4/h12-15H,5-11H2,1-4H3. The molecule has 0 aromatic carbocycles. The molecule has 0 aromatic heterocycles. The van der Waals surface area contributed by atoms with Crippen LogP contribution in [0.1, 0.15) is 72.6 Å². The van der Waals surface area contributed by atoms with Gasteiger partial charge in [0, 0.05) is 0 Å². The van der Waals surface area contributed by atoms with Crippen LogP contribution in [0.2, 0.25) is 0 Å². The smallest absolute Gasteiger partial charge is 0.0363 e. The van der Waals surface area contributed by atoms with E-state index in [1.165, 1.54) is 44.9 Å². The minimum Gasteiger partial charge on any atom is -0.0654 e. The molecule has 0 N–H and O–H groups in total. The molecule has 0 bridgehead atoms. The van der Waals surface area contributed by atoms with Crippen LogP contribution >= 0.6 is 0 Å². The van der Waals surface area contributed by atoms with Gasteiger partial charge in [-0.1, -0.05) is 66.2 Å². The number of rotatable bonds is 3. The fourth-order valence-electron chi connectivity index (χ4n) is 3.41. The molecule has 0 nitrogen and oxygen atoms in total. The van der Waals surface area contributed by atoms with E-state index >= 15 is 0 Å². The quantitative estimate of drug-likeness (QED) is 0.595. The zero-order valence-corrected chi connectivity index (χ0v) is 11.3. The van der Waals surface area contributed by atoms with Gasteiger partial charge in [0.25, 0.3) is 0 Å². The van der Waals surface area contributed by atoms with Crippen molar-refractivity contribution in [1.82, 2.24) is 0 Å². The molecule has 0 amide bonds. The molecule has 0 heteroatoms. The van der Waals surface area contributed by atoms with Gasteiger partial charge < -0.3 is 0 Å². The lowest BCUT2D eigenvalue weighted by Gasteiger charge is -2.33. The maximum absolute atomic E-state index is 2.49. The highest BCUT2D eigenvalue weighted by atomic mass is 14.3. The Bertz CT molecular complexity index is 161. The first kappa shape index (κ1) is 13.1. The maximum atomic E-state index is 2.49. The molecular weight excluding hydrogens is 180 g/mol. The van der Waals surface area contributed by atoms with Gasteiger partial charge >= 0.3 is 0 Å². The molecule has 0 radical (unpaired) electrons. The first-order valence-electron chi connectivity index (χ1n) is 7.15. The SMILES string of the molecule is CCCC(C)C1CCCC(C)CCC1C. The van der Waals surface area contributed by atoms with Crippen LogP contribution < -0.4 is 0 Å². The predicted molar refractivity (Wildman–Crippen MR) is 69.0 cm³/mol. The Morgan fingerprint density at radius 2 is 1.80 bits per heavy atom. The highest BCUT2D eigenvalue weighted by Gasteiger charge is 2.25. The zero-order valence-electron chi connectivity index (χ0n) is 11.3. The molecule has 1 saturated carbocycles. The monoisotopic (exact) mass is 210 g/mol. The van der Waals surface area contributed by atoms with E-state index in [1.807, 2.05) is 0 Å². The highest BCUT2D eigenvalue weighted by Crippen LogP contribution is 2.36. The Balaban J connectivity index is 2.47. The van der Waals surface area contributed by atoms with Gasteiger partial charge in [-0.2, -0.15) is 0 Å². The van der Waals surface area contributed by atoms with Crippen LogP contribution in [0.25, 0.3) is 0 Å². The van der Waals surface area contributed by atoms with Crippen molar-refractivity contribution in [2.45, 2.75) is 72.6 Å². The third-order valence-electron chi connectivity index (χ3n) is 4.56. The predicted octanol–water partition coefficient (Wildman–Crippen LogP) is 5.28. The summed E-state index contributed by atoms with van der Waals surface area (Å²) in [6.45, 7) is 9.74. The lowest BCUT2D eigenvalue weighted by Crippen LogP contribution is -2.22. The highest BCUT2D eigenvalue weighted by molar-refractivity contribution is 4.75. The second-order valence-corrected chi connectivity index (χ2v) is 6.02. The van der Waals surface area contributed by atoms with Crippen LogP contribution in [0.15, 0.2) is 0 Å². The Labute approximate surface area is 96.8 Å². The summed E-state index contributed by atoms with van der Waals surface area (Å²) in [4.78, 5) is 0. The molecule has 1 aliphatic carbocycles. The summed E-state index contributed by atoms with van der Waals surface area (Å²) in [5.74, 6) is 3.92. The van der Waals surface area contributed by atoms with Gasteiger partial charge in [0.05, 0.1) is 0 Å². The van der Waals surface area contributed by atoms with Crippen molar-refractivity contribution in [3.8, 4) is 0 Å². The molecule has 15 heavy (non-hydrogen) atoms. The van der Waals surface area contributed by atoms with Crippen LogP contribution in [0, 0.1) is 23.7 Å². The Kier molecular flexibility index (Phi) is 5.71. The molecule has 4 atom stereocenters. The van der Waals surface area contributed by atoms with Crippen molar-refractivity contribution in [2.24, 2.45) is 23.7 Å². The van der Waals surface area contributed by atoms with E-state index in [-0.39, 0.29) is 0 Å². The fraction of sp³-hybridized carbons (Fsp3) is 1.00. The summed E-state index contributed by atoms with van der Waals surface area (Å²) in [6.07, 6.45) is 10.2. The normalized spacial score (nSPS) is 35.6. The molecule has 0 heterocycles. The summed E-state index contributed by atoms with van der Waals surface area (Å²) in [5.41, 5.74) is 0. The maximum Gasteiger partial charge on any atom is -0.0363 e. The minimum atomic E-state index is 0.957. The summed E-state index contributed by atoms with van der Waals surface area (Å²) < 4.78 is 0. The lowest BCUT2D eigenvalue weighted by molar-refractivity contribution is 0.182. The van der Waals surface area contributed by atoms with E-state index in [1.54, 1.807) is 0 Å². The summed E-state index contributed by atoms with van der Waals surface area (Å²) in [5, 5.41) is 0. The van der Waals surface area contributed by atoms with Gasteiger partial charge in [0.2, 0.25) is 0 Å². The van der Waals surface area contributed by atoms with Crippen molar-refractivity contribution in [2.75, 3.05) is 0 Å². The Morgan fingerprint density at radius 3 is 2.47 bits per heavy atom. The second kappa shape index (κ2) is 6.55. The lowest BCUT2D eigenvalue weighted by atomic mass is 9.73. The number of hydrogen-bond acceptors (Lipinski definition) is 0. The third kappa shape index (κ3) is 4.17. The van der Waals surface area contributed by atoms with Gasteiger partial charge in [-0.3, -0.25) is 0 Å². The van der Waals surface area contributed by atoms with Crippen LogP contribution in [-0.4, -0.2) is 0 Å². The summed E-state index contributed by atoms with van der Waals surface area (Å²) in [6, 6.07) is 0. The van der Waals surface area contributed by atoms with Crippen LogP contribution in [0.4, 0.5) is 0 Å². The first-order valence-corrected chi connectivity index (χ1v) is 7.15. The average molecular weight is 210 g/mol. The van der Waals surface area contributed by atoms with Crippen molar-refractivity contribution < 1.29 is 0 Å². The topological polar surface area (TPSA) is 0 Å². The molecule has 0 saturated heterocycles. The average Bonchev–Trinajstić information content (AvgIpc) is 2.19. The van der Waals surface area contributed by atoms with Crippen LogP contribution in [-0.2, 0) is 0 Å². The van der Waals surface area contributed by atoms with E-state index in [0.29, 0.717) is 0 Å². The van der Waals surface area contributed by atoms with E-state index in [0.717, 1.165) is 23.7 Å². The van der Waals surface area contributed by atoms with Crippen molar-refractivity contribution in [1.29, 1.82) is 0 Å². The van der Waals surface area contributed by atoms with Gasteiger partial charge in [-0.25, -0.2) is 0 Å². The van der Waals surface area contributed by atoms with Crippen molar-refractivity contribution in [3.63, 3.8) is 0 Å². The van der Waals surface area contributed by atoms with E-state index < -0.39 is 0 Å². The van der Waals surface area contributed by atoms with E-state index in [2.05, 4.69) is 27.7 Å². The molecule has 90 valence electrons. The number of hydrogen-bond donors (Lipinski definition) is 0. The molecule has 4 unspecified atom stereocenters. The molecular formula is C15H30. The van der Waals surface area contributed by atoms with Gasteiger partial charge in [-0.15, -0.1) is 0 Å². The molecule has 0 aliphatic heterocycles. The molecule has 0 spiro atoms. The largest absolute Gasteiger partial charge is 0.0654 e. The van der Waals surface area contributed by atoms with Gasteiger partial charge in [-0.05, 0) is 30.1 Å². The van der Waals surface area contributed by atoms with Crippen molar-refractivity contribution in [3.05, 3.63) is 0 Å². The Hall–Kier alpha value is 0. The van der Waals surface area contributed by atoms with E-state index in [9.17, 15) is 0 Å². The van der Waals surface area contributed by atoms with Crippen LogP contribution in [0.3, 0.4) is 0 Å².